The van der Waals surface area contributed by atoms with E-state index in [0.717, 1.165) is 50.6 Å². The van der Waals surface area contributed by atoms with Crippen LogP contribution in [0, 0.1) is 34.5 Å². The minimum atomic E-state index is -0.978. The monoisotopic (exact) mass is 559 g/mol. The quantitative estimate of drug-likeness (QED) is 0.374. The minimum Gasteiger partial charge on any atom is -0.458 e. The lowest BCUT2D eigenvalue weighted by Crippen LogP contribution is -2.67. The molecule has 0 spiro atoms. The number of ether oxygens (including phenoxy) is 2. The molecular formula is C30H45N3O7. The van der Waals surface area contributed by atoms with Gasteiger partial charge >= 0.3 is 12.1 Å². The molecule has 4 aliphatic carbocycles. The van der Waals surface area contributed by atoms with Crippen molar-refractivity contribution in [3.8, 4) is 0 Å². The van der Waals surface area contributed by atoms with E-state index < -0.39 is 23.2 Å². The summed E-state index contributed by atoms with van der Waals surface area (Å²) in [4.78, 5) is 37.9. The number of fused-ring (bicyclic) bond motifs is 5. The highest BCUT2D eigenvalue weighted by Crippen LogP contribution is 2.69. The van der Waals surface area contributed by atoms with Crippen molar-refractivity contribution in [3.63, 3.8) is 0 Å². The van der Waals surface area contributed by atoms with Crippen LogP contribution in [-0.2, 0) is 19.1 Å². The molecule has 1 saturated heterocycles. The van der Waals surface area contributed by atoms with Gasteiger partial charge in [0.1, 0.15) is 13.2 Å². The lowest BCUT2D eigenvalue weighted by Gasteiger charge is -2.65. The zero-order chi connectivity index (χ0) is 28.3. The first-order valence-corrected chi connectivity index (χ1v) is 15.2. The molecule has 10 nitrogen and oxygen atoms in total. The van der Waals surface area contributed by atoms with Crippen LogP contribution in [0.1, 0.15) is 65.2 Å². The Morgan fingerprint density at radius 3 is 2.75 bits per heavy atom. The maximum absolute atomic E-state index is 12.6. The van der Waals surface area contributed by atoms with E-state index in [4.69, 9.17) is 9.47 Å². The van der Waals surface area contributed by atoms with E-state index in [9.17, 15) is 24.6 Å². The highest BCUT2D eigenvalue weighted by Gasteiger charge is 2.70. The fourth-order valence-corrected chi connectivity index (χ4v) is 9.88. The number of carbonyl (C=O) groups excluding carboxylic acids is 3. The number of cyclic esters (lactones) is 1. The average Bonchev–Trinajstić information content (AvgIpc) is 3.46. The Bertz CT molecular complexity index is 1080. The number of aliphatic hydroxyl groups excluding tert-OH is 1. The van der Waals surface area contributed by atoms with Crippen LogP contribution in [0.5, 0.6) is 0 Å². The molecule has 222 valence electrons. The number of amides is 2. The van der Waals surface area contributed by atoms with Gasteiger partial charge in [-0.1, -0.05) is 13.8 Å². The molecule has 4 N–H and O–H groups in total. The fourth-order valence-electron chi connectivity index (χ4n) is 9.88. The smallest absolute Gasteiger partial charge is 0.407 e. The minimum absolute atomic E-state index is 0.00273. The first-order valence-electron chi connectivity index (χ1n) is 15.2. The van der Waals surface area contributed by atoms with E-state index in [2.05, 4.69) is 17.6 Å². The zero-order valence-electron chi connectivity index (χ0n) is 23.8. The van der Waals surface area contributed by atoms with Crippen LogP contribution >= 0.6 is 0 Å². The standard InChI is InChI=1S/C30H45N3O7/c1-28-7-5-20(32-27(37)39-12-11-33-10-9-31-25(35)16-33)14-19(28)3-4-22-23(28)15-24(34)29(2)21(6-8-30(22,29)38)18-13-26(36)40-17-18/h13,19-24,34,38H,3-12,14-17H2,1-2H3,(H,31,35)(H,32,37)/t19-,20+,21-,22-,23+,24-,28+,29+,30+/m1/s1. The average molecular weight is 560 g/mol. The van der Waals surface area contributed by atoms with E-state index in [0.29, 0.717) is 38.4 Å². The SMILES string of the molecule is C[C@]12CC[C@H](NC(=O)OCCN3CCNC(=O)C3)C[C@H]1CC[C@@H]1[C@@H]2C[C@@H](O)[C@]2(C)[C@@H](C3=CC(=O)OC3)CC[C@]12O. The van der Waals surface area contributed by atoms with Gasteiger partial charge in [-0.2, -0.15) is 0 Å². The van der Waals surface area contributed by atoms with E-state index in [1.807, 2.05) is 11.8 Å². The molecule has 0 bridgehead atoms. The Hall–Kier alpha value is -2.17. The van der Waals surface area contributed by atoms with Gasteiger partial charge in [0.15, 0.2) is 0 Å². The summed E-state index contributed by atoms with van der Waals surface area (Å²) in [5.41, 5.74) is -0.769. The van der Waals surface area contributed by atoms with Gasteiger partial charge in [0.05, 0.1) is 18.2 Å². The van der Waals surface area contributed by atoms with Crippen molar-refractivity contribution in [1.82, 2.24) is 15.5 Å². The number of nitrogens with zero attached hydrogens (tertiary/aromatic N) is 1. The summed E-state index contributed by atoms with van der Waals surface area (Å²) in [6, 6.07) is 0.0486. The second-order valence-electron chi connectivity index (χ2n) is 13.7. The first-order chi connectivity index (χ1) is 19.0. The summed E-state index contributed by atoms with van der Waals surface area (Å²) < 4.78 is 10.7. The molecule has 0 aromatic rings. The van der Waals surface area contributed by atoms with Crippen LogP contribution in [0.4, 0.5) is 4.79 Å². The van der Waals surface area contributed by atoms with Gasteiger partial charge in [-0.15, -0.1) is 0 Å². The molecule has 2 aliphatic heterocycles. The second-order valence-corrected chi connectivity index (χ2v) is 13.7. The third kappa shape index (κ3) is 4.45. The van der Waals surface area contributed by atoms with E-state index in [1.165, 1.54) is 0 Å². The number of piperazine rings is 1. The Balaban J connectivity index is 1.08. The predicted molar refractivity (Wildman–Crippen MR) is 145 cm³/mol. The molecule has 0 radical (unpaired) electrons. The Kier molecular flexibility index (Phi) is 7.19. The summed E-state index contributed by atoms with van der Waals surface area (Å²) in [5, 5.41) is 30.0. The number of hydrogen-bond acceptors (Lipinski definition) is 8. The number of carbonyl (C=O) groups is 3. The summed E-state index contributed by atoms with van der Waals surface area (Å²) >= 11 is 0. The lowest BCUT2D eigenvalue weighted by molar-refractivity contribution is -0.243. The second kappa shape index (κ2) is 10.3. The molecule has 2 amide bonds. The predicted octanol–water partition coefficient (Wildman–Crippen LogP) is 1.74. The van der Waals surface area contributed by atoms with Crippen molar-refractivity contribution < 1.29 is 34.1 Å². The van der Waals surface area contributed by atoms with Crippen LogP contribution in [0.2, 0.25) is 0 Å². The van der Waals surface area contributed by atoms with Crippen molar-refractivity contribution in [2.45, 2.75) is 83.0 Å². The number of aliphatic hydroxyl groups is 2. The van der Waals surface area contributed by atoms with Gasteiger partial charge in [0, 0.05) is 37.2 Å². The van der Waals surface area contributed by atoms with Crippen molar-refractivity contribution >= 4 is 18.0 Å². The van der Waals surface area contributed by atoms with E-state index in [-0.39, 0.29) is 54.3 Å². The largest absolute Gasteiger partial charge is 0.458 e. The normalized spacial score (nSPS) is 45.0. The zero-order valence-corrected chi connectivity index (χ0v) is 23.8. The molecule has 9 atom stereocenters. The molecule has 4 saturated carbocycles. The van der Waals surface area contributed by atoms with E-state index >= 15 is 0 Å². The Morgan fingerprint density at radius 2 is 2.00 bits per heavy atom. The van der Waals surface area contributed by atoms with Gasteiger partial charge in [-0.25, -0.2) is 9.59 Å². The van der Waals surface area contributed by atoms with Crippen LogP contribution in [0.15, 0.2) is 11.6 Å². The number of esters is 1. The molecule has 40 heavy (non-hydrogen) atoms. The topological polar surface area (TPSA) is 137 Å². The molecule has 6 aliphatic rings. The van der Waals surface area contributed by atoms with Crippen LogP contribution < -0.4 is 10.6 Å². The highest BCUT2D eigenvalue weighted by atomic mass is 16.5. The van der Waals surface area contributed by atoms with Crippen molar-refractivity contribution in [2.75, 3.05) is 39.4 Å². The van der Waals surface area contributed by atoms with E-state index in [1.54, 1.807) is 6.08 Å². The van der Waals surface area contributed by atoms with Gasteiger partial charge in [-0.05, 0) is 86.0 Å². The van der Waals surface area contributed by atoms with Crippen molar-refractivity contribution in [2.24, 2.45) is 34.5 Å². The van der Waals surface area contributed by atoms with Crippen molar-refractivity contribution in [1.29, 1.82) is 0 Å². The molecule has 0 aromatic carbocycles. The number of hydrogen-bond donors (Lipinski definition) is 4. The highest BCUT2D eigenvalue weighted by molar-refractivity contribution is 5.85. The van der Waals surface area contributed by atoms with Gasteiger partial charge in [-0.3, -0.25) is 9.69 Å². The van der Waals surface area contributed by atoms with Crippen molar-refractivity contribution in [3.05, 3.63) is 11.6 Å². The molecule has 5 fully saturated rings. The summed E-state index contributed by atoms with van der Waals surface area (Å²) in [6.07, 6.45) is 7.12. The number of nitrogens with one attached hydrogen (secondary N) is 2. The van der Waals surface area contributed by atoms with Gasteiger partial charge in [0.2, 0.25) is 5.91 Å². The fraction of sp³-hybridized carbons (Fsp3) is 0.833. The molecule has 10 heteroatoms. The summed E-state index contributed by atoms with van der Waals surface area (Å²) in [7, 11) is 0. The molecule has 0 aromatic heterocycles. The third-order valence-electron chi connectivity index (χ3n) is 12.2. The maximum Gasteiger partial charge on any atom is 0.407 e. The molecule has 0 unspecified atom stereocenters. The Labute approximate surface area is 236 Å². The lowest BCUT2D eigenvalue weighted by atomic mass is 9.42. The van der Waals surface area contributed by atoms with Gasteiger partial charge < -0.3 is 30.3 Å². The van der Waals surface area contributed by atoms with Crippen LogP contribution in [0.3, 0.4) is 0 Å². The number of rotatable bonds is 5. The van der Waals surface area contributed by atoms with Crippen LogP contribution in [0.25, 0.3) is 0 Å². The summed E-state index contributed by atoms with van der Waals surface area (Å²) in [5.74, 6) is 0.350. The Morgan fingerprint density at radius 1 is 1.18 bits per heavy atom. The maximum atomic E-state index is 12.6. The number of alkyl carbamates (subject to hydrolysis) is 1. The summed E-state index contributed by atoms with van der Waals surface area (Å²) in [6.45, 7) is 7.17. The molecule has 6 rings (SSSR count). The molecular weight excluding hydrogens is 514 g/mol. The molecule has 2 heterocycles. The van der Waals surface area contributed by atoms with Crippen LogP contribution in [-0.4, -0.2) is 90.2 Å². The van der Waals surface area contributed by atoms with Gasteiger partial charge in [0.25, 0.3) is 0 Å². The first kappa shape index (κ1) is 28.0. The third-order valence-corrected chi connectivity index (χ3v) is 12.2.